The molecule has 0 fully saturated rings. The van der Waals surface area contributed by atoms with Crippen LogP contribution in [0.1, 0.15) is 30.5 Å². The standard InChI is InChI=1S/C19H30N2O/c1-7-16-10-9-15(11-17(16)8-2)12-19(3,4)20-13-18(22)14-21(5)6/h7-11,18,20,22H,1-2,12-14H2,3-6H3. The zero-order valence-corrected chi connectivity index (χ0v) is 14.4. The Bertz CT molecular complexity index is 506. The molecule has 1 aromatic rings. The molecule has 122 valence electrons. The van der Waals surface area contributed by atoms with Crippen molar-refractivity contribution in [3.8, 4) is 0 Å². The molecule has 22 heavy (non-hydrogen) atoms. The third kappa shape index (κ3) is 6.14. The number of β-amino-alcohol motifs (C(OH)–C–C–N with tert-alkyl or cyclic N) is 1. The molecule has 2 N–H and O–H groups in total. The van der Waals surface area contributed by atoms with Gasteiger partial charge in [-0.3, -0.25) is 0 Å². The van der Waals surface area contributed by atoms with Crippen molar-refractivity contribution in [2.75, 3.05) is 27.2 Å². The van der Waals surface area contributed by atoms with Gasteiger partial charge in [-0.1, -0.05) is 43.5 Å². The molecule has 1 unspecified atom stereocenters. The molecule has 0 aliphatic rings. The maximum atomic E-state index is 9.97. The molecule has 0 radical (unpaired) electrons. The average Bonchev–Trinajstić information content (AvgIpc) is 2.44. The van der Waals surface area contributed by atoms with E-state index in [1.165, 1.54) is 5.56 Å². The van der Waals surface area contributed by atoms with Crippen LogP contribution in [0.25, 0.3) is 12.2 Å². The molecule has 0 spiro atoms. The second-order valence-electron chi connectivity index (χ2n) is 6.73. The number of nitrogens with zero attached hydrogens (tertiary/aromatic N) is 1. The first-order valence-electron chi connectivity index (χ1n) is 7.73. The number of nitrogens with one attached hydrogen (secondary N) is 1. The van der Waals surface area contributed by atoms with E-state index in [2.05, 4.69) is 50.5 Å². The van der Waals surface area contributed by atoms with E-state index in [1.807, 2.05) is 31.1 Å². The van der Waals surface area contributed by atoms with Crippen LogP contribution in [0.4, 0.5) is 0 Å². The zero-order valence-electron chi connectivity index (χ0n) is 14.4. The van der Waals surface area contributed by atoms with Gasteiger partial charge in [0, 0.05) is 18.6 Å². The molecule has 0 heterocycles. The van der Waals surface area contributed by atoms with E-state index in [4.69, 9.17) is 0 Å². The van der Waals surface area contributed by atoms with Crippen LogP contribution in [0.15, 0.2) is 31.4 Å². The number of aliphatic hydroxyl groups excluding tert-OH is 1. The molecular formula is C19H30N2O. The van der Waals surface area contributed by atoms with Crippen molar-refractivity contribution >= 4 is 12.2 Å². The van der Waals surface area contributed by atoms with Gasteiger partial charge in [-0.15, -0.1) is 0 Å². The van der Waals surface area contributed by atoms with Crippen molar-refractivity contribution in [3.05, 3.63) is 48.0 Å². The Morgan fingerprint density at radius 3 is 2.41 bits per heavy atom. The Kier molecular flexibility index (Phi) is 7.01. The summed E-state index contributed by atoms with van der Waals surface area (Å²) in [5.74, 6) is 0. The molecule has 1 aromatic carbocycles. The van der Waals surface area contributed by atoms with E-state index in [-0.39, 0.29) is 11.6 Å². The van der Waals surface area contributed by atoms with Crippen molar-refractivity contribution in [2.45, 2.75) is 31.9 Å². The van der Waals surface area contributed by atoms with Crippen molar-refractivity contribution in [2.24, 2.45) is 0 Å². The smallest absolute Gasteiger partial charge is 0.0791 e. The number of benzene rings is 1. The lowest BCUT2D eigenvalue weighted by molar-refractivity contribution is 0.125. The third-order valence-electron chi connectivity index (χ3n) is 3.63. The fourth-order valence-electron chi connectivity index (χ4n) is 2.55. The lowest BCUT2D eigenvalue weighted by Gasteiger charge is -2.29. The van der Waals surface area contributed by atoms with Gasteiger partial charge in [0.05, 0.1) is 6.10 Å². The first-order chi connectivity index (χ1) is 10.3. The van der Waals surface area contributed by atoms with E-state index in [1.54, 1.807) is 0 Å². The van der Waals surface area contributed by atoms with Gasteiger partial charge in [-0.2, -0.15) is 0 Å². The SMILES string of the molecule is C=Cc1ccc(CC(C)(C)NCC(O)CN(C)C)cc1C=C. The highest BCUT2D eigenvalue weighted by molar-refractivity contribution is 5.64. The molecule has 0 amide bonds. The van der Waals surface area contributed by atoms with Gasteiger partial charge in [-0.25, -0.2) is 0 Å². The first kappa shape index (κ1) is 18.6. The molecule has 3 nitrogen and oxygen atoms in total. The number of hydrogen-bond acceptors (Lipinski definition) is 3. The van der Waals surface area contributed by atoms with Crippen LogP contribution in [0, 0.1) is 0 Å². The summed E-state index contributed by atoms with van der Waals surface area (Å²) in [4.78, 5) is 1.99. The Balaban J connectivity index is 2.67. The van der Waals surface area contributed by atoms with Crippen molar-refractivity contribution in [1.82, 2.24) is 10.2 Å². The van der Waals surface area contributed by atoms with Gasteiger partial charge in [0.25, 0.3) is 0 Å². The summed E-state index contributed by atoms with van der Waals surface area (Å²) in [6.45, 7) is 13.3. The minimum Gasteiger partial charge on any atom is -0.390 e. The van der Waals surface area contributed by atoms with E-state index in [0.717, 1.165) is 17.5 Å². The quantitative estimate of drug-likeness (QED) is 0.736. The van der Waals surface area contributed by atoms with Crippen molar-refractivity contribution in [1.29, 1.82) is 0 Å². The molecule has 0 saturated carbocycles. The minimum atomic E-state index is -0.360. The largest absolute Gasteiger partial charge is 0.390 e. The van der Waals surface area contributed by atoms with Gasteiger partial charge in [-0.05, 0) is 51.1 Å². The maximum absolute atomic E-state index is 9.97. The van der Waals surface area contributed by atoms with Gasteiger partial charge in [0.2, 0.25) is 0 Å². The Hall–Kier alpha value is -1.42. The monoisotopic (exact) mass is 302 g/mol. The highest BCUT2D eigenvalue weighted by Gasteiger charge is 2.19. The van der Waals surface area contributed by atoms with Crippen LogP contribution >= 0.6 is 0 Å². The van der Waals surface area contributed by atoms with Crippen LogP contribution in [-0.2, 0) is 6.42 Å². The third-order valence-corrected chi connectivity index (χ3v) is 3.63. The summed E-state index contributed by atoms with van der Waals surface area (Å²) in [6, 6.07) is 6.36. The fraction of sp³-hybridized carbons (Fsp3) is 0.474. The predicted octanol–water partition coefficient (Wildman–Crippen LogP) is 2.81. The molecule has 3 heteroatoms. The fourth-order valence-corrected chi connectivity index (χ4v) is 2.55. The lowest BCUT2D eigenvalue weighted by Crippen LogP contribution is -2.46. The average molecular weight is 302 g/mol. The first-order valence-corrected chi connectivity index (χ1v) is 7.73. The number of rotatable bonds is 9. The molecule has 0 saturated heterocycles. The summed E-state index contributed by atoms with van der Waals surface area (Å²) >= 11 is 0. The van der Waals surface area contributed by atoms with E-state index in [9.17, 15) is 5.11 Å². The molecule has 0 bridgehead atoms. The molecule has 1 atom stereocenters. The molecule has 0 aromatic heterocycles. The number of hydrogen-bond donors (Lipinski definition) is 2. The van der Waals surface area contributed by atoms with Crippen LogP contribution in [0.5, 0.6) is 0 Å². The van der Waals surface area contributed by atoms with Crippen LogP contribution in [0.2, 0.25) is 0 Å². The highest BCUT2D eigenvalue weighted by Crippen LogP contribution is 2.19. The van der Waals surface area contributed by atoms with Crippen LogP contribution in [-0.4, -0.2) is 48.8 Å². The number of likely N-dealkylation sites (N-methyl/N-ethyl adjacent to an activating group) is 1. The molecular weight excluding hydrogens is 272 g/mol. The van der Waals surface area contributed by atoms with E-state index in [0.29, 0.717) is 13.1 Å². The van der Waals surface area contributed by atoms with Gasteiger partial charge < -0.3 is 15.3 Å². The second-order valence-corrected chi connectivity index (χ2v) is 6.73. The Morgan fingerprint density at radius 1 is 1.23 bits per heavy atom. The van der Waals surface area contributed by atoms with E-state index >= 15 is 0 Å². The van der Waals surface area contributed by atoms with Crippen molar-refractivity contribution in [3.63, 3.8) is 0 Å². The normalized spacial score (nSPS) is 13.2. The van der Waals surface area contributed by atoms with Crippen LogP contribution in [0.3, 0.4) is 0 Å². The lowest BCUT2D eigenvalue weighted by atomic mass is 9.92. The van der Waals surface area contributed by atoms with Crippen molar-refractivity contribution < 1.29 is 5.11 Å². The van der Waals surface area contributed by atoms with Gasteiger partial charge >= 0.3 is 0 Å². The van der Waals surface area contributed by atoms with Gasteiger partial charge in [0.15, 0.2) is 0 Å². The maximum Gasteiger partial charge on any atom is 0.0791 e. The summed E-state index contributed by atoms with van der Waals surface area (Å²) in [5, 5.41) is 13.4. The summed E-state index contributed by atoms with van der Waals surface area (Å²) < 4.78 is 0. The number of aliphatic hydroxyl groups is 1. The topological polar surface area (TPSA) is 35.5 Å². The Morgan fingerprint density at radius 2 is 1.86 bits per heavy atom. The molecule has 0 aliphatic carbocycles. The van der Waals surface area contributed by atoms with Crippen LogP contribution < -0.4 is 5.32 Å². The van der Waals surface area contributed by atoms with Gasteiger partial charge in [0.1, 0.15) is 0 Å². The predicted molar refractivity (Wildman–Crippen MR) is 97.0 cm³/mol. The minimum absolute atomic E-state index is 0.0819. The summed E-state index contributed by atoms with van der Waals surface area (Å²) in [7, 11) is 3.93. The zero-order chi connectivity index (χ0) is 16.8. The molecule has 1 rings (SSSR count). The van der Waals surface area contributed by atoms with E-state index < -0.39 is 0 Å². The Labute approximate surface area is 135 Å². The summed E-state index contributed by atoms with van der Waals surface area (Å²) in [5.41, 5.74) is 3.38. The highest BCUT2D eigenvalue weighted by atomic mass is 16.3. The molecule has 0 aliphatic heterocycles. The summed E-state index contributed by atoms with van der Waals surface area (Å²) in [6.07, 6.45) is 4.24. The second kappa shape index (κ2) is 8.28.